The molecule has 0 aliphatic carbocycles. The van der Waals surface area contributed by atoms with Crippen LogP contribution in [-0.4, -0.2) is 49.9 Å². The number of amides is 3. The third-order valence-electron chi connectivity index (χ3n) is 4.45. The van der Waals surface area contributed by atoms with E-state index in [0.29, 0.717) is 12.1 Å². The molecule has 3 amide bonds. The number of carbonyl (C=O) groups excluding carboxylic acids is 3. The molecular weight excluding hydrogens is 346 g/mol. The zero-order chi connectivity index (χ0) is 19.6. The Balaban J connectivity index is 1.94. The van der Waals surface area contributed by atoms with Gasteiger partial charge in [0.1, 0.15) is 6.04 Å². The van der Waals surface area contributed by atoms with Crippen LogP contribution in [0, 0.1) is 0 Å². The second kappa shape index (κ2) is 10.5. The van der Waals surface area contributed by atoms with Crippen LogP contribution in [0.3, 0.4) is 0 Å². The summed E-state index contributed by atoms with van der Waals surface area (Å²) in [5, 5.41) is 7.95. The summed E-state index contributed by atoms with van der Waals surface area (Å²) in [7, 11) is 0. The largest absolute Gasteiger partial charge is 0.371 e. The predicted molar refractivity (Wildman–Crippen MR) is 105 cm³/mol. The quantitative estimate of drug-likeness (QED) is 0.504. The molecule has 8 heteroatoms. The first-order valence-corrected chi connectivity index (χ1v) is 9.45. The van der Waals surface area contributed by atoms with E-state index in [-0.39, 0.29) is 19.0 Å². The van der Waals surface area contributed by atoms with Crippen LogP contribution in [-0.2, 0) is 14.4 Å². The molecule has 1 fully saturated rings. The monoisotopic (exact) mass is 375 g/mol. The van der Waals surface area contributed by atoms with Crippen molar-refractivity contribution in [2.75, 3.05) is 36.4 Å². The van der Waals surface area contributed by atoms with E-state index < -0.39 is 17.9 Å². The highest BCUT2D eigenvalue weighted by atomic mass is 16.2. The summed E-state index contributed by atoms with van der Waals surface area (Å²) in [6.45, 7) is 3.62. The Bertz CT molecular complexity index is 659. The lowest BCUT2D eigenvalue weighted by Crippen LogP contribution is -2.48. The summed E-state index contributed by atoms with van der Waals surface area (Å²) in [4.78, 5) is 38.0. The molecule has 148 valence electrons. The average Bonchev–Trinajstić information content (AvgIpc) is 3.20. The second-order valence-corrected chi connectivity index (χ2v) is 6.62. The first-order chi connectivity index (χ1) is 13.0. The number of nitrogens with one attached hydrogen (secondary N) is 3. The number of nitrogens with zero attached hydrogens (tertiary/aromatic N) is 1. The Morgan fingerprint density at radius 1 is 1.19 bits per heavy atom. The van der Waals surface area contributed by atoms with Crippen molar-refractivity contribution in [2.45, 2.75) is 38.6 Å². The lowest BCUT2D eigenvalue weighted by molar-refractivity contribution is -0.128. The summed E-state index contributed by atoms with van der Waals surface area (Å²) in [5.41, 5.74) is 6.98. The number of anilines is 2. The topological polar surface area (TPSA) is 117 Å². The highest BCUT2D eigenvalue weighted by Gasteiger charge is 2.21. The maximum atomic E-state index is 12.6. The number of hydrogen-bond donors (Lipinski definition) is 4. The van der Waals surface area contributed by atoms with Gasteiger partial charge in [-0.05, 0) is 37.5 Å². The Kier molecular flexibility index (Phi) is 8.06. The van der Waals surface area contributed by atoms with Gasteiger partial charge in [-0.25, -0.2) is 0 Å². The van der Waals surface area contributed by atoms with Crippen LogP contribution in [0.25, 0.3) is 0 Å². The fourth-order valence-electron chi connectivity index (χ4n) is 3.04. The van der Waals surface area contributed by atoms with E-state index in [1.165, 1.54) is 12.8 Å². The molecule has 5 N–H and O–H groups in total. The molecule has 0 aromatic heterocycles. The van der Waals surface area contributed by atoms with E-state index in [1.807, 2.05) is 31.2 Å². The SMILES string of the molecule is CCCC(NC(=O)CNC(=O)CN)C(=O)Nc1cccc(N2CCCC2)c1. The molecule has 27 heavy (non-hydrogen) atoms. The maximum absolute atomic E-state index is 12.6. The number of rotatable bonds is 9. The van der Waals surface area contributed by atoms with Crippen molar-refractivity contribution in [3.8, 4) is 0 Å². The summed E-state index contributed by atoms with van der Waals surface area (Å²) in [6.07, 6.45) is 3.61. The number of carbonyl (C=O) groups is 3. The van der Waals surface area contributed by atoms with Gasteiger partial charge in [0.05, 0.1) is 13.1 Å². The van der Waals surface area contributed by atoms with Crippen LogP contribution in [0.4, 0.5) is 11.4 Å². The number of nitrogens with two attached hydrogens (primary N) is 1. The first kappa shape index (κ1) is 20.7. The zero-order valence-corrected chi connectivity index (χ0v) is 15.8. The van der Waals surface area contributed by atoms with Gasteiger partial charge < -0.3 is 26.6 Å². The van der Waals surface area contributed by atoms with E-state index in [0.717, 1.165) is 25.2 Å². The molecule has 1 atom stereocenters. The lowest BCUT2D eigenvalue weighted by atomic mass is 10.1. The van der Waals surface area contributed by atoms with Crippen molar-refractivity contribution < 1.29 is 14.4 Å². The first-order valence-electron chi connectivity index (χ1n) is 9.45. The van der Waals surface area contributed by atoms with Crippen molar-refractivity contribution in [3.05, 3.63) is 24.3 Å². The Labute approximate surface area is 159 Å². The average molecular weight is 375 g/mol. The standard InChI is InChI=1S/C19H29N5O3/c1-2-6-16(23-18(26)13-21-17(25)12-20)19(27)22-14-7-5-8-15(11-14)24-9-3-4-10-24/h5,7-8,11,16H,2-4,6,9-10,12-13,20H2,1H3,(H,21,25)(H,22,27)(H,23,26). The van der Waals surface area contributed by atoms with Gasteiger partial charge in [-0.1, -0.05) is 19.4 Å². The molecule has 0 radical (unpaired) electrons. The minimum absolute atomic E-state index is 0.181. The van der Waals surface area contributed by atoms with Crippen LogP contribution < -0.4 is 26.6 Å². The minimum Gasteiger partial charge on any atom is -0.371 e. The molecular formula is C19H29N5O3. The molecule has 1 saturated heterocycles. The van der Waals surface area contributed by atoms with Crippen LogP contribution in [0.2, 0.25) is 0 Å². The Hall–Kier alpha value is -2.61. The van der Waals surface area contributed by atoms with Crippen LogP contribution >= 0.6 is 0 Å². The molecule has 0 saturated carbocycles. The molecule has 1 aliphatic rings. The summed E-state index contributed by atoms with van der Waals surface area (Å²) >= 11 is 0. The van der Waals surface area contributed by atoms with Crippen molar-refractivity contribution in [3.63, 3.8) is 0 Å². The molecule has 2 rings (SSSR count). The van der Waals surface area contributed by atoms with Crippen LogP contribution in [0.15, 0.2) is 24.3 Å². The van der Waals surface area contributed by atoms with Crippen LogP contribution in [0.5, 0.6) is 0 Å². The second-order valence-electron chi connectivity index (χ2n) is 6.62. The molecule has 0 bridgehead atoms. The van der Waals surface area contributed by atoms with Crippen molar-refractivity contribution >= 4 is 29.1 Å². The van der Waals surface area contributed by atoms with Gasteiger partial charge in [-0.2, -0.15) is 0 Å². The van der Waals surface area contributed by atoms with Gasteiger partial charge in [-0.15, -0.1) is 0 Å². The molecule has 1 unspecified atom stereocenters. The lowest BCUT2D eigenvalue weighted by Gasteiger charge is -2.20. The predicted octanol–water partition coefficient (Wildman–Crippen LogP) is 0.585. The minimum atomic E-state index is -0.660. The molecule has 1 aromatic carbocycles. The van der Waals surface area contributed by atoms with Gasteiger partial charge in [0, 0.05) is 24.5 Å². The molecule has 0 spiro atoms. The normalized spacial score (nSPS) is 14.5. The van der Waals surface area contributed by atoms with Crippen molar-refractivity contribution in [1.82, 2.24) is 10.6 Å². The summed E-state index contributed by atoms with van der Waals surface area (Å²) in [5.74, 6) is -1.11. The molecule has 1 aromatic rings. The fourth-order valence-corrected chi connectivity index (χ4v) is 3.04. The smallest absolute Gasteiger partial charge is 0.246 e. The van der Waals surface area contributed by atoms with E-state index >= 15 is 0 Å². The van der Waals surface area contributed by atoms with Gasteiger partial charge in [0.2, 0.25) is 17.7 Å². The van der Waals surface area contributed by atoms with Crippen molar-refractivity contribution in [2.24, 2.45) is 5.73 Å². The van der Waals surface area contributed by atoms with Crippen LogP contribution in [0.1, 0.15) is 32.6 Å². The van der Waals surface area contributed by atoms with E-state index in [1.54, 1.807) is 0 Å². The third kappa shape index (κ3) is 6.56. The highest BCUT2D eigenvalue weighted by molar-refractivity contribution is 5.98. The van der Waals surface area contributed by atoms with Gasteiger partial charge in [0.25, 0.3) is 0 Å². The zero-order valence-electron chi connectivity index (χ0n) is 15.8. The fraction of sp³-hybridized carbons (Fsp3) is 0.526. The highest BCUT2D eigenvalue weighted by Crippen LogP contribution is 2.23. The molecule has 8 nitrogen and oxygen atoms in total. The van der Waals surface area contributed by atoms with E-state index in [9.17, 15) is 14.4 Å². The Morgan fingerprint density at radius 3 is 2.59 bits per heavy atom. The third-order valence-corrected chi connectivity index (χ3v) is 4.45. The summed E-state index contributed by atoms with van der Waals surface area (Å²) < 4.78 is 0. The number of benzene rings is 1. The van der Waals surface area contributed by atoms with Gasteiger partial charge in [-0.3, -0.25) is 14.4 Å². The molecule has 1 aliphatic heterocycles. The summed E-state index contributed by atoms with van der Waals surface area (Å²) in [6, 6.07) is 7.08. The van der Waals surface area contributed by atoms with Crippen molar-refractivity contribution in [1.29, 1.82) is 0 Å². The maximum Gasteiger partial charge on any atom is 0.246 e. The molecule has 1 heterocycles. The van der Waals surface area contributed by atoms with Gasteiger partial charge in [0.15, 0.2) is 0 Å². The number of hydrogen-bond acceptors (Lipinski definition) is 5. The Morgan fingerprint density at radius 2 is 1.93 bits per heavy atom. The van der Waals surface area contributed by atoms with Gasteiger partial charge >= 0.3 is 0 Å². The van der Waals surface area contributed by atoms with E-state index in [2.05, 4.69) is 20.9 Å². The van der Waals surface area contributed by atoms with E-state index in [4.69, 9.17) is 5.73 Å².